The van der Waals surface area contributed by atoms with Crippen LogP contribution in [-0.2, 0) is 6.42 Å². The van der Waals surface area contributed by atoms with E-state index in [2.05, 4.69) is 5.32 Å². The summed E-state index contributed by atoms with van der Waals surface area (Å²) in [5.74, 6) is 1.45. The van der Waals surface area contributed by atoms with E-state index in [1.54, 1.807) is 0 Å². The SMILES string of the molecule is CNC(Cc1cc(F)cc(F)c1)C1CC2CCC1C2. The molecular formula is C16H21F2N. The topological polar surface area (TPSA) is 12.0 Å². The number of hydrogen-bond acceptors (Lipinski definition) is 1. The Labute approximate surface area is 113 Å². The lowest BCUT2D eigenvalue weighted by Crippen LogP contribution is -2.38. The van der Waals surface area contributed by atoms with Crippen LogP contribution in [0.2, 0.25) is 0 Å². The predicted octanol–water partition coefficient (Wildman–Crippen LogP) is 3.53. The van der Waals surface area contributed by atoms with E-state index < -0.39 is 11.6 Å². The number of fused-ring (bicyclic) bond motifs is 2. The Kier molecular flexibility index (Phi) is 3.57. The monoisotopic (exact) mass is 265 g/mol. The second kappa shape index (κ2) is 5.20. The van der Waals surface area contributed by atoms with E-state index in [4.69, 9.17) is 0 Å². The fourth-order valence-electron chi connectivity index (χ4n) is 4.24. The van der Waals surface area contributed by atoms with Gasteiger partial charge in [-0.25, -0.2) is 8.78 Å². The molecular weight excluding hydrogens is 244 g/mol. The summed E-state index contributed by atoms with van der Waals surface area (Å²) in [6.07, 6.45) is 6.09. The Balaban J connectivity index is 1.72. The second-order valence-electron chi connectivity index (χ2n) is 6.22. The van der Waals surface area contributed by atoms with Crippen LogP contribution in [0.5, 0.6) is 0 Å². The lowest BCUT2D eigenvalue weighted by atomic mass is 9.81. The molecule has 3 heteroatoms. The quantitative estimate of drug-likeness (QED) is 0.878. The highest BCUT2D eigenvalue weighted by molar-refractivity contribution is 5.19. The van der Waals surface area contributed by atoms with Gasteiger partial charge in [0.2, 0.25) is 0 Å². The Morgan fingerprint density at radius 2 is 1.89 bits per heavy atom. The summed E-state index contributed by atoms with van der Waals surface area (Å²) in [7, 11) is 1.96. The van der Waals surface area contributed by atoms with Gasteiger partial charge in [0.25, 0.3) is 0 Å². The van der Waals surface area contributed by atoms with Crippen molar-refractivity contribution in [3.8, 4) is 0 Å². The molecule has 2 bridgehead atoms. The summed E-state index contributed by atoms with van der Waals surface area (Å²) in [6, 6.07) is 4.20. The van der Waals surface area contributed by atoms with Gasteiger partial charge in [0.1, 0.15) is 11.6 Å². The van der Waals surface area contributed by atoms with Crippen LogP contribution in [0.15, 0.2) is 18.2 Å². The van der Waals surface area contributed by atoms with Crippen molar-refractivity contribution in [2.24, 2.45) is 17.8 Å². The first-order chi connectivity index (χ1) is 9.15. The van der Waals surface area contributed by atoms with E-state index in [1.165, 1.54) is 37.8 Å². The molecule has 4 unspecified atom stereocenters. The fraction of sp³-hybridized carbons (Fsp3) is 0.625. The van der Waals surface area contributed by atoms with Gasteiger partial charge in [-0.05, 0) is 68.2 Å². The summed E-state index contributed by atoms with van der Waals surface area (Å²) in [5, 5.41) is 3.37. The van der Waals surface area contributed by atoms with Crippen molar-refractivity contribution in [3.05, 3.63) is 35.4 Å². The Bertz CT molecular complexity index is 440. The molecule has 104 valence electrons. The van der Waals surface area contributed by atoms with Crippen LogP contribution in [0, 0.1) is 29.4 Å². The van der Waals surface area contributed by atoms with E-state index in [1.807, 2.05) is 7.05 Å². The average molecular weight is 265 g/mol. The molecule has 2 aliphatic rings. The molecule has 1 aromatic rings. The maximum absolute atomic E-state index is 13.2. The van der Waals surface area contributed by atoms with Crippen molar-refractivity contribution in [2.75, 3.05) is 7.05 Å². The normalized spacial score (nSPS) is 30.8. The average Bonchev–Trinajstić information content (AvgIpc) is 2.96. The van der Waals surface area contributed by atoms with Crippen molar-refractivity contribution >= 4 is 0 Å². The van der Waals surface area contributed by atoms with Gasteiger partial charge in [0.15, 0.2) is 0 Å². The van der Waals surface area contributed by atoms with E-state index in [9.17, 15) is 8.78 Å². The van der Waals surface area contributed by atoms with Crippen molar-refractivity contribution in [2.45, 2.75) is 38.1 Å². The molecule has 0 amide bonds. The van der Waals surface area contributed by atoms with Crippen LogP contribution >= 0.6 is 0 Å². The van der Waals surface area contributed by atoms with Crippen molar-refractivity contribution in [1.82, 2.24) is 5.32 Å². The van der Waals surface area contributed by atoms with Gasteiger partial charge < -0.3 is 5.32 Å². The zero-order valence-corrected chi connectivity index (χ0v) is 11.3. The minimum Gasteiger partial charge on any atom is -0.316 e. The van der Waals surface area contributed by atoms with Gasteiger partial charge >= 0.3 is 0 Å². The van der Waals surface area contributed by atoms with E-state index in [0.29, 0.717) is 12.0 Å². The lowest BCUT2D eigenvalue weighted by Gasteiger charge is -2.30. The third kappa shape index (κ3) is 2.66. The van der Waals surface area contributed by atoms with Gasteiger partial charge in [-0.2, -0.15) is 0 Å². The van der Waals surface area contributed by atoms with Crippen LogP contribution in [0.25, 0.3) is 0 Å². The largest absolute Gasteiger partial charge is 0.316 e. The number of nitrogens with one attached hydrogen (secondary N) is 1. The number of benzene rings is 1. The van der Waals surface area contributed by atoms with Crippen LogP contribution in [0.3, 0.4) is 0 Å². The second-order valence-corrected chi connectivity index (χ2v) is 6.22. The standard InChI is InChI=1S/C16H21F2N/c1-19-16(15-7-10-2-3-12(15)4-10)8-11-5-13(17)9-14(18)6-11/h5-6,9-10,12,15-16,19H,2-4,7-8H2,1H3. The molecule has 3 rings (SSSR count). The molecule has 4 atom stereocenters. The molecule has 0 saturated heterocycles. The maximum atomic E-state index is 13.2. The van der Waals surface area contributed by atoms with Gasteiger partial charge in [-0.3, -0.25) is 0 Å². The molecule has 0 heterocycles. The number of rotatable bonds is 4. The van der Waals surface area contributed by atoms with Crippen LogP contribution in [-0.4, -0.2) is 13.1 Å². The summed E-state index contributed by atoms with van der Waals surface area (Å²) >= 11 is 0. The van der Waals surface area contributed by atoms with Crippen LogP contribution in [0.4, 0.5) is 8.78 Å². The third-order valence-corrected chi connectivity index (χ3v) is 5.06. The Morgan fingerprint density at radius 3 is 2.42 bits per heavy atom. The molecule has 1 aromatic carbocycles. The zero-order valence-electron chi connectivity index (χ0n) is 11.3. The predicted molar refractivity (Wildman–Crippen MR) is 71.8 cm³/mol. The van der Waals surface area contributed by atoms with Crippen molar-refractivity contribution < 1.29 is 8.78 Å². The molecule has 2 aliphatic carbocycles. The highest BCUT2D eigenvalue weighted by Gasteiger charge is 2.42. The Morgan fingerprint density at radius 1 is 1.16 bits per heavy atom. The summed E-state index contributed by atoms with van der Waals surface area (Å²) in [4.78, 5) is 0. The molecule has 0 aromatic heterocycles. The van der Waals surface area contributed by atoms with Crippen LogP contribution in [0.1, 0.15) is 31.2 Å². The minimum absolute atomic E-state index is 0.344. The van der Waals surface area contributed by atoms with Gasteiger partial charge in [-0.15, -0.1) is 0 Å². The lowest BCUT2D eigenvalue weighted by molar-refractivity contribution is 0.255. The Hall–Kier alpha value is -0.960. The molecule has 1 nitrogen and oxygen atoms in total. The number of halogens is 2. The number of likely N-dealkylation sites (N-methyl/N-ethyl adjacent to an activating group) is 1. The van der Waals surface area contributed by atoms with Crippen molar-refractivity contribution in [3.63, 3.8) is 0 Å². The highest BCUT2D eigenvalue weighted by atomic mass is 19.1. The molecule has 0 radical (unpaired) electrons. The van der Waals surface area contributed by atoms with E-state index >= 15 is 0 Å². The molecule has 0 aliphatic heterocycles. The van der Waals surface area contributed by atoms with E-state index in [-0.39, 0.29) is 0 Å². The fourth-order valence-corrected chi connectivity index (χ4v) is 4.24. The summed E-state index contributed by atoms with van der Waals surface area (Å²) < 4.78 is 26.5. The smallest absolute Gasteiger partial charge is 0.126 e. The first-order valence-electron chi connectivity index (χ1n) is 7.28. The molecule has 0 spiro atoms. The van der Waals surface area contributed by atoms with Gasteiger partial charge in [-0.1, -0.05) is 6.42 Å². The molecule has 19 heavy (non-hydrogen) atoms. The number of hydrogen-bond donors (Lipinski definition) is 1. The zero-order chi connectivity index (χ0) is 13.4. The maximum Gasteiger partial charge on any atom is 0.126 e. The summed E-state index contributed by atoms with van der Waals surface area (Å²) in [6.45, 7) is 0. The molecule has 2 fully saturated rings. The van der Waals surface area contributed by atoms with Gasteiger partial charge in [0, 0.05) is 12.1 Å². The first kappa shape index (κ1) is 13.0. The molecule has 2 saturated carbocycles. The van der Waals surface area contributed by atoms with Gasteiger partial charge in [0.05, 0.1) is 0 Å². The minimum atomic E-state index is -0.474. The first-order valence-corrected chi connectivity index (χ1v) is 7.28. The molecule has 1 N–H and O–H groups in total. The van der Waals surface area contributed by atoms with Crippen LogP contribution < -0.4 is 5.32 Å². The highest BCUT2D eigenvalue weighted by Crippen LogP contribution is 2.49. The summed E-state index contributed by atoms with van der Waals surface area (Å²) in [5.41, 5.74) is 0.764. The van der Waals surface area contributed by atoms with E-state index in [0.717, 1.165) is 29.9 Å². The van der Waals surface area contributed by atoms with Crippen molar-refractivity contribution in [1.29, 1.82) is 0 Å². The third-order valence-electron chi connectivity index (χ3n) is 5.06.